The highest BCUT2D eigenvalue weighted by atomic mass is 16.2. The normalized spacial score (nSPS) is 15.9. The maximum Gasteiger partial charge on any atom is 0.283 e. The van der Waals surface area contributed by atoms with Gasteiger partial charge in [-0.3, -0.25) is 9.59 Å². The molecule has 25 heavy (non-hydrogen) atoms. The van der Waals surface area contributed by atoms with Crippen LogP contribution in [0.1, 0.15) is 18.1 Å². The molecule has 0 aliphatic carbocycles. The molecule has 0 saturated heterocycles. The number of hydrazone groups is 1. The van der Waals surface area contributed by atoms with Gasteiger partial charge in [-0.15, -0.1) is 0 Å². The summed E-state index contributed by atoms with van der Waals surface area (Å²) in [4.78, 5) is 24.8. The Hall–Kier alpha value is -3.27. The first kappa shape index (κ1) is 16.6. The maximum atomic E-state index is 12.5. The van der Waals surface area contributed by atoms with Gasteiger partial charge in [0.25, 0.3) is 11.8 Å². The Balaban J connectivity index is 1.71. The first-order chi connectivity index (χ1) is 12.1. The van der Waals surface area contributed by atoms with Crippen LogP contribution in [-0.4, -0.2) is 22.5 Å². The van der Waals surface area contributed by atoms with Crippen molar-refractivity contribution in [2.45, 2.75) is 13.3 Å². The van der Waals surface area contributed by atoms with E-state index in [9.17, 15) is 9.59 Å². The topological polar surface area (TPSA) is 49.7 Å². The molecule has 4 heteroatoms. The van der Waals surface area contributed by atoms with Crippen LogP contribution in [0, 0.1) is 0 Å². The Morgan fingerprint density at radius 3 is 2.36 bits per heavy atom. The minimum Gasteiger partial charge on any atom is -0.272 e. The van der Waals surface area contributed by atoms with E-state index in [-0.39, 0.29) is 18.2 Å². The molecule has 1 aliphatic heterocycles. The second-order valence-corrected chi connectivity index (χ2v) is 5.71. The number of hydrogen-bond donors (Lipinski definition) is 0. The molecule has 0 fully saturated rings. The van der Waals surface area contributed by atoms with Gasteiger partial charge in [0, 0.05) is 0 Å². The SMILES string of the molecule is CC1=NN(C(=O)Cc2ccccc2)C(=O)/C1=C\C=C/c1ccccc1. The number of rotatable bonds is 4. The molecule has 0 N–H and O–H groups in total. The van der Waals surface area contributed by atoms with Crippen LogP contribution in [0.3, 0.4) is 0 Å². The Bertz CT molecular complexity index is 865. The van der Waals surface area contributed by atoms with E-state index in [1.165, 1.54) is 0 Å². The number of imide groups is 1. The fraction of sp³-hybridized carbons (Fsp3) is 0.0952. The van der Waals surface area contributed by atoms with Gasteiger partial charge in [0.05, 0.1) is 17.7 Å². The Labute approximate surface area is 146 Å². The van der Waals surface area contributed by atoms with Gasteiger partial charge in [-0.2, -0.15) is 10.1 Å². The number of amides is 2. The molecule has 0 atom stereocenters. The van der Waals surface area contributed by atoms with E-state index in [0.717, 1.165) is 16.1 Å². The van der Waals surface area contributed by atoms with E-state index in [4.69, 9.17) is 0 Å². The molecule has 2 aromatic rings. The number of nitrogens with zero attached hydrogens (tertiary/aromatic N) is 2. The van der Waals surface area contributed by atoms with Gasteiger partial charge in [0.2, 0.25) is 0 Å². The van der Waals surface area contributed by atoms with Crippen molar-refractivity contribution in [3.8, 4) is 0 Å². The van der Waals surface area contributed by atoms with Gasteiger partial charge >= 0.3 is 0 Å². The number of benzene rings is 2. The molecule has 124 valence electrons. The summed E-state index contributed by atoms with van der Waals surface area (Å²) in [6.45, 7) is 1.73. The fourth-order valence-corrected chi connectivity index (χ4v) is 2.54. The summed E-state index contributed by atoms with van der Waals surface area (Å²) < 4.78 is 0. The second-order valence-electron chi connectivity index (χ2n) is 5.71. The molecular formula is C21H18N2O2. The molecule has 0 radical (unpaired) electrons. The quantitative estimate of drug-likeness (QED) is 0.804. The highest BCUT2D eigenvalue weighted by Gasteiger charge is 2.31. The largest absolute Gasteiger partial charge is 0.283 e. The molecule has 3 rings (SSSR count). The van der Waals surface area contributed by atoms with Crippen molar-refractivity contribution in [2.24, 2.45) is 5.10 Å². The van der Waals surface area contributed by atoms with Crippen molar-refractivity contribution >= 4 is 23.6 Å². The van der Waals surface area contributed by atoms with Crippen LogP contribution in [0.5, 0.6) is 0 Å². The molecule has 1 heterocycles. The summed E-state index contributed by atoms with van der Waals surface area (Å²) in [5.41, 5.74) is 2.88. The minimum absolute atomic E-state index is 0.149. The lowest BCUT2D eigenvalue weighted by Gasteiger charge is -2.09. The molecule has 0 saturated carbocycles. The third-order valence-corrected chi connectivity index (χ3v) is 3.85. The maximum absolute atomic E-state index is 12.5. The van der Waals surface area contributed by atoms with E-state index in [2.05, 4.69) is 5.10 Å². The van der Waals surface area contributed by atoms with Crippen LogP contribution in [0.2, 0.25) is 0 Å². The van der Waals surface area contributed by atoms with E-state index in [1.54, 1.807) is 19.1 Å². The average Bonchev–Trinajstić information content (AvgIpc) is 2.92. The standard InChI is InChI=1S/C21H18N2O2/c1-16-19(14-8-13-17-9-4-2-5-10-17)21(25)23(22-16)20(24)15-18-11-6-3-7-12-18/h2-14H,15H2,1H3/b13-8-,19-14-. The molecule has 2 amide bonds. The lowest BCUT2D eigenvalue weighted by atomic mass is 10.1. The highest BCUT2D eigenvalue weighted by molar-refractivity contribution is 6.27. The first-order valence-corrected chi connectivity index (χ1v) is 8.05. The zero-order valence-corrected chi connectivity index (χ0v) is 13.9. The zero-order valence-electron chi connectivity index (χ0n) is 13.9. The summed E-state index contributed by atoms with van der Waals surface area (Å²) in [5, 5.41) is 5.08. The minimum atomic E-state index is -0.379. The molecule has 0 unspecified atom stereocenters. The van der Waals surface area contributed by atoms with Crippen LogP contribution in [0.25, 0.3) is 6.08 Å². The summed E-state index contributed by atoms with van der Waals surface area (Å²) >= 11 is 0. The van der Waals surface area contributed by atoms with Gasteiger partial charge < -0.3 is 0 Å². The number of hydrogen-bond acceptors (Lipinski definition) is 3. The number of carbonyl (C=O) groups excluding carboxylic acids is 2. The third kappa shape index (κ3) is 3.98. The van der Waals surface area contributed by atoms with E-state index in [0.29, 0.717) is 11.3 Å². The Morgan fingerprint density at radius 2 is 1.68 bits per heavy atom. The van der Waals surface area contributed by atoms with Gasteiger partial charge in [-0.1, -0.05) is 72.8 Å². The van der Waals surface area contributed by atoms with Crippen molar-refractivity contribution in [3.05, 3.63) is 89.5 Å². The first-order valence-electron chi connectivity index (χ1n) is 8.05. The predicted molar refractivity (Wildman–Crippen MR) is 98.7 cm³/mol. The van der Waals surface area contributed by atoms with Gasteiger partial charge in [0.15, 0.2) is 0 Å². The third-order valence-electron chi connectivity index (χ3n) is 3.85. The van der Waals surface area contributed by atoms with Crippen molar-refractivity contribution in [3.63, 3.8) is 0 Å². The summed E-state index contributed by atoms with van der Waals surface area (Å²) in [6, 6.07) is 19.1. The van der Waals surface area contributed by atoms with Crippen molar-refractivity contribution in [1.29, 1.82) is 0 Å². The molecule has 0 aromatic heterocycles. The fourth-order valence-electron chi connectivity index (χ4n) is 2.54. The number of allylic oxidation sites excluding steroid dienone is 2. The van der Waals surface area contributed by atoms with E-state index >= 15 is 0 Å². The van der Waals surface area contributed by atoms with Gasteiger partial charge in [-0.25, -0.2) is 0 Å². The van der Waals surface area contributed by atoms with E-state index in [1.807, 2.05) is 66.7 Å². The van der Waals surface area contributed by atoms with Crippen LogP contribution in [0.15, 0.2) is 83.5 Å². The van der Waals surface area contributed by atoms with Gasteiger partial charge in [-0.05, 0) is 24.1 Å². The van der Waals surface area contributed by atoms with Crippen molar-refractivity contribution in [1.82, 2.24) is 5.01 Å². The van der Waals surface area contributed by atoms with Crippen molar-refractivity contribution in [2.75, 3.05) is 0 Å². The van der Waals surface area contributed by atoms with Crippen LogP contribution < -0.4 is 0 Å². The molecule has 0 spiro atoms. The lowest BCUT2D eigenvalue weighted by Crippen LogP contribution is -2.30. The van der Waals surface area contributed by atoms with Crippen LogP contribution in [-0.2, 0) is 16.0 Å². The van der Waals surface area contributed by atoms with Crippen molar-refractivity contribution < 1.29 is 9.59 Å². The summed E-state index contributed by atoms with van der Waals surface area (Å²) in [5.74, 6) is -0.706. The second kappa shape index (κ2) is 7.53. The molecule has 0 bridgehead atoms. The molecule has 2 aromatic carbocycles. The van der Waals surface area contributed by atoms with Crippen LogP contribution >= 0.6 is 0 Å². The Morgan fingerprint density at radius 1 is 1.04 bits per heavy atom. The highest BCUT2D eigenvalue weighted by Crippen LogP contribution is 2.17. The lowest BCUT2D eigenvalue weighted by molar-refractivity contribution is -0.141. The summed E-state index contributed by atoms with van der Waals surface area (Å²) in [6.07, 6.45) is 5.55. The Kier molecular flexibility index (Phi) is 5.00. The summed E-state index contributed by atoms with van der Waals surface area (Å²) in [7, 11) is 0. The number of carbonyl (C=O) groups is 2. The predicted octanol–water partition coefficient (Wildman–Crippen LogP) is 3.61. The van der Waals surface area contributed by atoms with Gasteiger partial charge in [0.1, 0.15) is 0 Å². The smallest absolute Gasteiger partial charge is 0.272 e. The van der Waals surface area contributed by atoms with E-state index < -0.39 is 0 Å². The monoisotopic (exact) mass is 330 g/mol. The zero-order chi connectivity index (χ0) is 17.6. The molecule has 4 nitrogen and oxygen atoms in total. The average molecular weight is 330 g/mol. The molecule has 1 aliphatic rings. The van der Waals surface area contributed by atoms with Crippen LogP contribution in [0.4, 0.5) is 0 Å². The molecular weight excluding hydrogens is 312 g/mol.